The van der Waals surface area contributed by atoms with E-state index >= 15 is 0 Å². The van der Waals surface area contributed by atoms with E-state index < -0.39 is 5.41 Å². The molecule has 0 aliphatic carbocycles. The van der Waals surface area contributed by atoms with Gasteiger partial charge in [0.15, 0.2) is 0 Å². The number of hydrogen-bond donors (Lipinski definition) is 2. The Kier molecular flexibility index (Phi) is 5.32. The molecule has 106 valence electrons. The molecule has 19 heavy (non-hydrogen) atoms. The topological polar surface area (TPSA) is 55.1 Å². The predicted molar refractivity (Wildman–Crippen MR) is 75.7 cm³/mol. The molecule has 1 unspecified atom stereocenters. The average Bonchev–Trinajstić information content (AvgIpc) is 2.25. The lowest BCUT2D eigenvalue weighted by Gasteiger charge is -2.27. The van der Waals surface area contributed by atoms with E-state index in [1.54, 1.807) is 19.1 Å². The first-order valence-electron chi connectivity index (χ1n) is 6.21. The van der Waals surface area contributed by atoms with E-state index in [9.17, 15) is 9.18 Å². The van der Waals surface area contributed by atoms with Gasteiger partial charge in [0, 0.05) is 35.0 Å². The van der Waals surface area contributed by atoms with Gasteiger partial charge in [-0.25, -0.2) is 4.39 Å². The summed E-state index contributed by atoms with van der Waals surface area (Å²) in [5, 5.41) is 3.13. The first-order valence-corrected chi connectivity index (χ1v) is 6.58. The molecule has 0 radical (unpaired) electrons. The summed E-state index contributed by atoms with van der Waals surface area (Å²) in [7, 11) is 0. The van der Waals surface area contributed by atoms with Crippen molar-refractivity contribution in [3.05, 3.63) is 34.6 Å². The van der Waals surface area contributed by atoms with Crippen molar-refractivity contribution in [1.29, 1.82) is 0 Å². The average molecular weight is 287 g/mol. The van der Waals surface area contributed by atoms with Gasteiger partial charge in [-0.05, 0) is 19.1 Å². The number of benzene rings is 1. The van der Waals surface area contributed by atoms with Crippen molar-refractivity contribution >= 4 is 17.5 Å². The molecule has 1 aromatic carbocycles. The van der Waals surface area contributed by atoms with Crippen LogP contribution in [0.4, 0.5) is 4.39 Å². The summed E-state index contributed by atoms with van der Waals surface area (Å²) < 4.78 is 13.9. The van der Waals surface area contributed by atoms with Crippen molar-refractivity contribution in [2.45, 2.75) is 38.6 Å². The van der Waals surface area contributed by atoms with Crippen molar-refractivity contribution in [3.8, 4) is 0 Å². The Morgan fingerprint density at radius 2 is 2.16 bits per heavy atom. The maximum Gasteiger partial charge on any atom is 0.221 e. The van der Waals surface area contributed by atoms with Crippen molar-refractivity contribution < 1.29 is 9.18 Å². The van der Waals surface area contributed by atoms with Gasteiger partial charge >= 0.3 is 0 Å². The van der Waals surface area contributed by atoms with Crippen LogP contribution >= 0.6 is 11.6 Å². The van der Waals surface area contributed by atoms with Gasteiger partial charge in [-0.1, -0.05) is 31.5 Å². The van der Waals surface area contributed by atoms with Gasteiger partial charge in [0.2, 0.25) is 5.91 Å². The second-order valence-corrected chi connectivity index (χ2v) is 5.85. The Morgan fingerprint density at radius 3 is 2.68 bits per heavy atom. The maximum atomic E-state index is 13.9. The summed E-state index contributed by atoms with van der Waals surface area (Å²) >= 11 is 6.04. The third kappa shape index (κ3) is 4.48. The highest BCUT2D eigenvalue weighted by Gasteiger charge is 2.27. The zero-order valence-electron chi connectivity index (χ0n) is 11.5. The van der Waals surface area contributed by atoms with Crippen LogP contribution in [-0.2, 0) is 10.2 Å². The number of carbonyl (C=O) groups is 1. The number of nitrogens with one attached hydrogen (secondary N) is 1. The molecule has 0 saturated carbocycles. The third-order valence-electron chi connectivity index (χ3n) is 2.87. The summed E-state index contributed by atoms with van der Waals surface area (Å²) in [4.78, 5) is 11.6. The molecule has 1 aromatic rings. The van der Waals surface area contributed by atoms with E-state index in [4.69, 9.17) is 17.3 Å². The monoisotopic (exact) mass is 286 g/mol. The van der Waals surface area contributed by atoms with Gasteiger partial charge in [0.05, 0.1) is 0 Å². The zero-order valence-corrected chi connectivity index (χ0v) is 12.2. The largest absolute Gasteiger partial charge is 0.355 e. The van der Waals surface area contributed by atoms with Crippen LogP contribution in [0.3, 0.4) is 0 Å². The van der Waals surface area contributed by atoms with E-state index in [0.717, 1.165) is 0 Å². The van der Waals surface area contributed by atoms with Crippen LogP contribution in [-0.4, -0.2) is 18.5 Å². The SMILES string of the molecule is CC(N)CC(=O)NCC(C)(C)c1c(F)cccc1Cl. The second-order valence-electron chi connectivity index (χ2n) is 5.44. The van der Waals surface area contributed by atoms with Crippen LogP contribution in [0.2, 0.25) is 5.02 Å². The molecule has 0 fully saturated rings. The minimum Gasteiger partial charge on any atom is -0.355 e. The van der Waals surface area contributed by atoms with Gasteiger partial charge in [-0.2, -0.15) is 0 Å². The highest BCUT2D eigenvalue weighted by Crippen LogP contribution is 2.31. The fourth-order valence-corrected chi connectivity index (χ4v) is 2.34. The van der Waals surface area contributed by atoms with Gasteiger partial charge in [-0.3, -0.25) is 4.79 Å². The van der Waals surface area contributed by atoms with Crippen LogP contribution in [0.5, 0.6) is 0 Å². The molecule has 0 saturated heterocycles. The molecular weight excluding hydrogens is 267 g/mol. The minimum atomic E-state index is -0.587. The maximum absolute atomic E-state index is 13.9. The van der Waals surface area contributed by atoms with Crippen molar-refractivity contribution in [1.82, 2.24) is 5.32 Å². The van der Waals surface area contributed by atoms with Crippen molar-refractivity contribution in [3.63, 3.8) is 0 Å². The summed E-state index contributed by atoms with van der Waals surface area (Å²) in [6, 6.07) is 4.38. The lowest BCUT2D eigenvalue weighted by atomic mass is 9.84. The fourth-order valence-electron chi connectivity index (χ4n) is 1.92. The van der Waals surface area contributed by atoms with Gasteiger partial charge < -0.3 is 11.1 Å². The minimum absolute atomic E-state index is 0.143. The lowest BCUT2D eigenvalue weighted by molar-refractivity contribution is -0.121. The Hall–Kier alpha value is -1.13. The molecule has 5 heteroatoms. The van der Waals surface area contributed by atoms with Crippen LogP contribution < -0.4 is 11.1 Å². The summed E-state index contributed by atoms with van der Waals surface area (Å²) in [6.45, 7) is 5.74. The molecule has 0 aliphatic heterocycles. The molecular formula is C14H20ClFN2O. The molecule has 1 atom stereocenters. The third-order valence-corrected chi connectivity index (χ3v) is 3.19. The smallest absolute Gasteiger partial charge is 0.221 e. The molecule has 3 nitrogen and oxygen atoms in total. The number of amides is 1. The predicted octanol–water partition coefficient (Wildman–Crippen LogP) is 2.61. The molecule has 0 heterocycles. The molecule has 0 bridgehead atoms. The summed E-state index contributed by atoms with van der Waals surface area (Å²) in [5.41, 5.74) is 5.38. The lowest BCUT2D eigenvalue weighted by Crippen LogP contribution is -2.39. The van der Waals surface area contributed by atoms with Crippen LogP contribution in [0.25, 0.3) is 0 Å². The number of rotatable bonds is 5. The van der Waals surface area contributed by atoms with E-state index in [1.165, 1.54) is 6.07 Å². The standard InChI is InChI=1S/C14H20ClFN2O/c1-9(17)7-12(19)18-8-14(2,3)13-10(15)5-4-6-11(13)16/h4-6,9H,7-8,17H2,1-3H3,(H,18,19). The summed E-state index contributed by atoms with van der Waals surface area (Å²) in [6.07, 6.45) is 0.251. The van der Waals surface area contributed by atoms with Crippen LogP contribution in [0.1, 0.15) is 32.8 Å². The van der Waals surface area contributed by atoms with Gasteiger partial charge in [0.25, 0.3) is 0 Å². The fraction of sp³-hybridized carbons (Fsp3) is 0.500. The van der Waals surface area contributed by atoms with Crippen molar-refractivity contribution in [2.24, 2.45) is 5.73 Å². The number of nitrogens with two attached hydrogens (primary N) is 1. The molecule has 1 amide bonds. The van der Waals surface area contributed by atoms with E-state index in [2.05, 4.69) is 5.32 Å². The molecule has 0 aliphatic rings. The highest BCUT2D eigenvalue weighted by molar-refractivity contribution is 6.31. The number of hydrogen-bond acceptors (Lipinski definition) is 2. The van der Waals surface area contributed by atoms with E-state index in [1.807, 2.05) is 13.8 Å². The molecule has 3 N–H and O–H groups in total. The molecule has 0 aromatic heterocycles. The van der Waals surface area contributed by atoms with Gasteiger partial charge in [0.1, 0.15) is 5.82 Å². The Labute approximate surface area is 118 Å². The highest BCUT2D eigenvalue weighted by atomic mass is 35.5. The van der Waals surface area contributed by atoms with Crippen LogP contribution in [0.15, 0.2) is 18.2 Å². The second kappa shape index (κ2) is 6.35. The quantitative estimate of drug-likeness (QED) is 0.874. The molecule has 1 rings (SSSR count). The molecule has 0 spiro atoms. The Bertz CT molecular complexity index is 441. The Morgan fingerprint density at radius 1 is 1.53 bits per heavy atom. The number of halogens is 2. The van der Waals surface area contributed by atoms with Gasteiger partial charge in [-0.15, -0.1) is 0 Å². The van der Waals surface area contributed by atoms with Crippen molar-refractivity contribution in [2.75, 3.05) is 6.54 Å². The van der Waals surface area contributed by atoms with E-state index in [0.29, 0.717) is 17.1 Å². The first kappa shape index (κ1) is 15.9. The number of carbonyl (C=O) groups excluding carboxylic acids is 1. The Balaban J connectivity index is 2.78. The van der Waals surface area contributed by atoms with E-state index in [-0.39, 0.29) is 24.2 Å². The van der Waals surface area contributed by atoms with Crippen LogP contribution in [0, 0.1) is 5.82 Å². The normalized spacial score (nSPS) is 13.2. The zero-order chi connectivity index (χ0) is 14.6. The summed E-state index contributed by atoms with van der Waals surface area (Å²) in [5.74, 6) is -0.505. The first-order chi connectivity index (χ1) is 8.74.